The Morgan fingerprint density at radius 2 is 1.84 bits per heavy atom. The molecule has 0 saturated heterocycles. The Balaban J connectivity index is 2.28. The molecule has 0 heterocycles. The van der Waals surface area contributed by atoms with E-state index in [2.05, 4.69) is 10.3 Å². The molecule has 2 aromatic carbocycles. The van der Waals surface area contributed by atoms with E-state index in [9.17, 15) is 8.42 Å². The summed E-state index contributed by atoms with van der Waals surface area (Å²) in [5.74, 6) is 0. The summed E-state index contributed by atoms with van der Waals surface area (Å²) in [7, 11) is -3.65. The molecule has 1 radical (unpaired) electrons. The van der Waals surface area contributed by atoms with Gasteiger partial charge in [-0.05, 0) is 22.7 Å². The molecule has 5 heteroatoms. The molecule has 0 spiro atoms. The number of nitrogens with zero attached hydrogens (tertiary/aromatic N) is 1. The number of hydrogen-bond acceptors (Lipinski definition) is 3. The van der Waals surface area contributed by atoms with Crippen molar-refractivity contribution in [3.63, 3.8) is 0 Å². The standard InChI is InChI=1S/C14H17N2O2S/c1-2-3-11-15-16-19(17,18)14-10-6-8-12-7-4-5-9-13(12)14/h4-10,15H,2-3,11H2,1H3. The number of benzene rings is 2. The highest BCUT2D eigenvalue weighted by molar-refractivity contribution is 7.89. The molecule has 0 bridgehead atoms. The molecule has 0 aromatic heterocycles. The highest BCUT2D eigenvalue weighted by Crippen LogP contribution is 2.22. The fourth-order valence-corrected chi connectivity index (χ4v) is 2.93. The summed E-state index contributed by atoms with van der Waals surface area (Å²) in [6, 6.07) is 12.6. The maximum Gasteiger partial charge on any atom is 0.272 e. The summed E-state index contributed by atoms with van der Waals surface area (Å²) in [4.78, 5) is 3.88. The Bertz CT molecular complexity index is 648. The SMILES string of the molecule is CCCCN[N]S(=O)(=O)c1cccc2ccccc12. The van der Waals surface area contributed by atoms with Crippen molar-refractivity contribution >= 4 is 20.8 Å². The molecule has 0 amide bonds. The second kappa shape index (κ2) is 6.14. The Kier molecular flexibility index (Phi) is 4.52. The minimum Gasteiger partial charge on any atom is -0.224 e. The first-order valence-corrected chi connectivity index (χ1v) is 7.77. The van der Waals surface area contributed by atoms with Crippen LogP contribution in [0.4, 0.5) is 0 Å². The normalized spacial score (nSPS) is 11.8. The molecule has 0 fully saturated rings. The van der Waals surface area contributed by atoms with Crippen molar-refractivity contribution in [3.05, 3.63) is 42.5 Å². The number of nitrogens with one attached hydrogen (secondary N) is 1. The predicted molar refractivity (Wildman–Crippen MR) is 76.2 cm³/mol. The van der Waals surface area contributed by atoms with Crippen molar-refractivity contribution in [2.24, 2.45) is 0 Å². The second-order valence-electron chi connectivity index (χ2n) is 4.31. The zero-order chi connectivity index (χ0) is 13.7. The van der Waals surface area contributed by atoms with Crippen LogP contribution in [0.2, 0.25) is 0 Å². The summed E-state index contributed by atoms with van der Waals surface area (Å²) in [5, 5.41) is 1.60. The van der Waals surface area contributed by atoms with Gasteiger partial charge >= 0.3 is 0 Å². The van der Waals surface area contributed by atoms with Gasteiger partial charge < -0.3 is 0 Å². The van der Waals surface area contributed by atoms with Crippen LogP contribution in [0.5, 0.6) is 0 Å². The summed E-state index contributed by atoms with van der Waals surface area (Å²) >= 11 is 0. The van der Waals surface area contributed by atoms with Crippen molar-refractivity contribution in [1.29, 1.82) is 0 Å². The number of rotatable bonds is 6. The number of unbranched alkanes of at least 4 members (excludes halogenated alkanes) is 1. The molecular weight excluding hydrogens is 260 g/mol. The maximum absolute atomic E-state index is 12.2. The van der Waals surface area contributed by atoms with Gasteiger partial charge in [0.05, 0.1) is 4.90 Å². The zero-order valence-electron chi connectivity index (χ0n) is 10.8. The smallest absolute Gasteiger partial charge is 0.224 e. The molecule has 101 valence electrons. The Labute approximate surface area is 113 Å². The van der Waals surface area contributed by atoms with E-state index in [0.29, 0.717) is 11.9 Å². The lowest BCUT2D eigenvalue weighted by molar-refractivity contribution is 0.544. The van der Waals surface area contributed by atoms with E-state index in [4.69, 9.17) is 0 Å². The van der Waals surface area contributed by atoms with Gasteiger partial charge in [-0.1, -0.05) is 49.7 Å². The Hall–Kier alpha value is -1.43. The van der Waals surface area contributed by atoms with Crippen LogP contribution in [0.3, 0.4) is 0 Å². The molecule has 4 nitrogen and oxygen atoms in total. The predicted octanol–water partition coefficient (Wildman–Crippen LogP) is 2.44. The average molecular weight is 277 g/mol. The van der Waals surface area contributed by atoms with Gasteiger partial charge in [0, 0.05) is 11.9 Å². The number of hydrogen-bond donors (Lipinski definition) is 1. The van der Waals surface area contributed by atoms with Crippen molar-refractivity contribution in [1.82, 2.24) is 10.3 Å². The van der Waals surface area contributed by atoms with Crippen LogP contribution in [-0.4, -0.2) is 15.0 Å². The van der Waals surface area contributed by atoms with Crippen LogP contribution in [0, 0.1) is 0 Å². The largest absolute Gasteiger partial charge is 0.272 e. The first-order valence-electron chi connectivity index (χ1n) is 6.33. The third kappa shape index (κ3) is 3.32. The van der Waals surface area contributed by atoms with Crippen LogP contribution in [-0.2, 0) is 10.0 Å². The van der Waals surface area contributed by atoms with E-state index in [1.54, 1.807) is 18.2 Å². The van der Waals surface area contributed by atoms with Crippen molar-refractivity contribution in [3.8, 4) is 0 Å². The van der Waals surface area contributed by atoms with E-state index in [1.807, 2.05) is 31.2 Å². The van der Waals surface area contributed by atoms with Gasteiger partial charge in [-0.3, -0.25) is 0 Å². The molecule has 2 rings (SSSR count). The highest BCUT2D eigenvalue weighted by Gasteiger charge is 2.17. The number of fused-ring (bicyclic) bond motifs is 1. The molecule has 19 heavy (non-hydrogen) atoms. The maximum atomic E-state index is 12.2. The molecule has 0 saturated carbocycles. The number of sulfonamides is 1. The van der Waals surface area contributed by atoms with Gasteiger partial charge in [-0.2, -0.15) is 0 Å². The highest BCUT2D eigenvalue weighted by atomic mass is 32.2. The molecule has 0 aliphatic carbocycles. The minimum atomic E-state index is -3.65. The Morgan fingerprint density at radius 1 is 1.11 bits per heavy atom. The van der Waals surface area contributed by atoms with E-state index in [1.165, 1.54) is 0 Å². The van der Waals surface area contributed by atoms with Crippen LogP contribution < -0.4 is 10.3 Å². The second-order valence-corrected chi connectivity index (χ2v) is 5.88. The van der Waals surface area contributed by atoms with E-state index in [0.717, 1.165) is 18.2 Å². The summed E-state index contributed by atoms with van der Waals surface area (Å²) < 4.78 is 24.4. The van der Waals surface area contributed by atoms with Crippen LogP contribution in [0.15, 0.2) is 47.4 Å². The summed E-state index contributed by atoms with van der Waals surface area (Å²) in [6.07, 6.45) is 1.89. The molecule has 0 unspecified atom stereocenters. The fourth-order valence-electron chi connectivity index (χ4n) is 1.86. The van der Waals surface area contributed by atoms with Crippen LogP contribution in [0.25, 0.3) is 10.8 Å². The molecular formula is C14H17N2O2S. The van der Waals surface area contributed by atoms with E-state index in [-0.39, 0.29) is 4.90 Å². The van der Waals surface area contributed by atoms with E-state index < -0.39 is 10.0 Å². The first-order chi connectivity index (χ1) is 9.15. The minimum absolute atomic E-state index is 0.245. The topological polar surface area (TPSA) is 60.3 Å². The molecule has 1 N–H and O–H groups in total. The van der Waals surface area contributed by atoms with E-state index >= 15 is 0 Å². The molecule has 0 aliphatic rings. The van der Waals surface area contributed by atoms with Gasteiger partial charge in [0.2, 0.25) is 0 Å². The van der Waals surface area contributed by atoms with Crippen LogP contribution >= 0.6 is 0 Å². The van der Waals surface area contributed by atoms with Crippen LogP contribution in [0.1, 0.15) is 19.8 Å². The monoisotopic (exact) mass is 277 g/mol. The fraction of sp³-hybridized carbons (Fsp3) is 0.286. The van der Waals surface area contributed by atoms with Crippen molar-refractivity contribution in [2.75, 3.05) is 6.54 Å². The van der Waals surface area contributed by atoms with Gasteiger partial charge in [0.1, 0.15) is 0 Å². The Morgan fingerprint density at radius 3 is 2.63 bits per heavy atom. The van der Waals surface area contributed by atoms with Gasteiger partial charge in [-0.25, -0.2) is 13.8 Å². The third-order valence-corrected chi connectivity index (χ3v) is 4.14. The first kappa shape index (κ1) is 14.0. The summed E-state index contributed by atoms with van der Waals surface area (Å²) in [5.41, 5.74) is 2.63. The molecule has 0 aliphatic heterocycles. The van der Waals surface area contributed by atoms with Gasteiger partial charge in [0.25, 0.3) is 10.0 Å². The lowest BCUT2D eigenvalue weighted by Crippen LogP contribution is -2.31. The summed E-state index contributed by atoms with van der Waals surface area (Å²) in [6.45, 7) is 2.61. The molecule has 2 aromatic rings. The van der Waals surface area contributed by atoms with Gasteiger partial charge in [-0.15, -0.1) is 0 Å². The quantitative estimate of drug-likeness (QED) is 0.651. The third-order valence-electron chi connectivity index (χ3n) is 2.85. The van der Waals surface area contributed by atoms with Crippen molar-refractivity contribution < 1.29 is 8.42 Å². The molecule has 0 atom stereocenters. The lowest BCUT2D eigenvalue weighted by Gasteiger charge is -2.08. The lowest BCUT2D eigenvalue weighted by atomic mass is 10.1. The van der Waals surface area contributed by atoms with Crippen molar-refractivity contribution in [2.45, 2.75) is 24.7 Å². The average Bonchev–Trinajstić information content (AvgIpc) is 2.43. The van der Waals surface area contributed by atoms with Gasteiger partial charge in [0.15, 0.2) is 0 Å². The zero-order valence-corrected chi connectivity index (χ0v) is 11.7.